The first-order valence-electron chi connectivity index (χ1n) is 22.5. The summed E-state index contributed by atoms with van der Waals surface area (Å²) >= 11 is 0. The van der Waals surface area contributed by atoms with Gasteiger partial charge in [0, 0.05) is 45.3 Å². The summed E-state index contributed by atoms with van der Waals surface area (Å²) < 4.78 is 21.6. The number of rotatable bonds is 43. The SMILES string of the molecule is CCc1ccc(CCC(=O)COCCOCCNC(=O)COCCOCCCC(=O)CC[C@H](NC(=O)CCCCCCCCCCCCCCCCC(=O)O)C(=O)O)cc1. The van der Waals surface area contributed by atoms with Crippen molar-refractivity contribution in [3.63, 3.8) is 0 Å². The zero-order chi connectivity index (χ0) is 43.9. The minimum atomic E-state index is -1.15. The maximum atomic E-state index is 12.3. The van der Waals surface area contributed by atoms with E-state index in [9.17, 15) is 33.9 Å². The minimum absolute atomic E-state index is 0.0436. The number of ketones is 2. The molecule has 1 rings (SSSR count). The summed E-state index contributed by atoms with van der Waals surface area (Å²) in [5.74, 6) is -2.50. The predicted octanol–water partition coefficient (Wildman–Crippen LogP) is 6.96. The number of amides is 2. The zero-order valence-electron chi connectivity index (χ0n) is 36.5. The monoisotopic (exact) mass is 849 g/mol. The quantitative estimate of drug-likeness (QED) is 0.0493. The number of hydrogen-bond donors (Lipinski definition) is 4. The molecule has 0 saturated carbocycles. The number of aryl methyl sites for hydroxylation is 2. The molecule has 0 bridgehead atoms. The van der Waals surface area contributed by atoms with Crippen molar-refractivity contribution >= 4 is 35.3 Å². The Morgan fingerprint density at radius 1 is 0.517 bits per heavy atom. The molecule has 0 unspecified atom stereocenters. The lowest BCUT2D eigenvalue weighted by Gasteiger charge is -2.14. The third kappa shape index (κ3) is 34.0. The fraction of sp³-hybridized carbons (Fsp3) is 0.739. The number of carboxylic acid groups (broad SMARTS) is 2. The summed E-state index contributed by atoms with van der Waals surface area (Å²) in [4.78, 5) is 70.8. The van der Waals surface area contributed by atoms with E-state index < -0.39 is 18.0 Å². The van der Waals surface area contributed by atoms with Crippen LogP contribution < -0.4 is 10.6 Å². The van der Waals surface area contributed by atoms with Crippen LogP contribution in [-0.2, 0) is 60.6 Å². The van der Waals surface area contributed by atoms with E-state index in [0.29, 0.717) is 58.7 Å². The molecule has 0 aliphatic heterocycles. The standard InChI is InChI=1S/C46H76N2O12/c1-2-38-21-23-39(24-22-38)25-26-41(50)36-59-34-33-58-31-29-47-44(52)37-60-35-32-57-30-17-18-40(49)27-28-42(46(55)56)48-43(51)19-15-13-11-9-7-5-3-4-6-8-10-12-14-16-20-45(53)54/h21-24,42H,2-20,25-37H2,1H3,(H,47,52)(H,48,51)(H,53,54)(H,55,56)/t42-/m0/s1. The molecule has 1 atom stereocenters. The molecule has 0 spiro atoms. The summed E-state index contributed by atoms with van der Waals surface area (Å²) in [5, 5.41) is 23.4. The van der Waals surface area contributed by atoms with E-state index >= 15 is 0 Å². The highest BCUT2D eigenvalue weighted by molar-refractivity contribution is 5.84. The summed E-state index contributed by atoms with van der Waals surface area (Å²) in [5.41, 5.74) is 2.41. The van der Waals surface area contributed by atoms with Crippen LogP contribution in [0.25, 0.3) is 0 Å². The second-order valence-electron chi connectivity index (χ2n) is 15.4. The molecule has 0 aromatic heterocycles. The number of ether oxygens (including phenoxy) is 4. The number of unbranched alkanes of at least 4 members (excludes halogenated alkanes) is 13. The summed E-state index contributed by atoms with van der Waals surface area (Å²) in [6.45, 7) is 4.05. The highest BCUT2D eigenvalue weighted by atomic mass is 16.5. The van der Waals surface area contributed by atoms with Crippen LogP contribution >= 0.6 is 0 Å². The smallest absolute Gasteiger partial charge is 0.326 e. The van der Waals surface area contributed by atoms with Gasteiger partial charge in [-0.1, -0.05) is 108 Å². The van der Waals surface area contributed by atoms with Crippen LogP contribution in [0.2, 0.25) is 0 Å². The molecule has 0 saturated heterocycles. The van der Waals surface area contributed by atoms with E-state index in [2.05, 4.69) is 41.8 Å². The average molecular weight is 849 g/mol. The van der Waals surface area contributed by atoms with Gasteiger partial charge in [0.2, 0.25) is 11.8 Å². The van der Waals surface area contributed by atoms with Crippen LogP contribution in [0.1, 0.15) is 153 Å². The molecule has 2 amide bonds. The maximum Gasteiger partial charge on any atom is 0.326 e. The van der Waals surface area contributed by atoms with Gasteiger partial charge in [-0.2, -0.15) is 0 Å². The first-order chi connectivity index (χ1) is 29.1. The second kappa shape index (κ2) is 38.2. The van der Waals surface area contributed by atoms with Crippen molar-refractivity contribution < 1.29 is 57.9 Å². The minimum Gasteiger partial charge on any atom is -0.481 e. The molecule has 1 aromatic carbocycles. The molecule has 14 nitrogen and oxygen atoms in total. The number of aliphatic carboxylic acids is 2. The Bertz CT molecular complexity index is 1310. The molecular weight excluding hydrogens is 773 g/mol. The molecule has 0 aliphatic carbocycles. The number of nitrogens with one attached hydrogen (secondary N) is 2. The van der Waals surface area contributed by atoms with Crippen LogP contribution in [0.15, 0.2) is 24.3 Å². The molecule has 0 heterocycles. The number of carbonyl (C=O) groups excluding carboxylic acids is 4. The Balaban J connectivity index is 1.91. The van der Waals surface area contributed by atoms with E-state index in [4.69, 9.17) is 24.1 Å². The van der Waals surface area contributed by atoms with E-state index in [1.54, 1.807) is 0 Å². The van der Waals surface area contributed by atoms with E-state index in [1.165, 1.54) is 50.5 Å². The third-order valence-corrected chi connectivity index (χ3v) is 10.1. The Labute approximate surface area is 358 Å². The van der Waals surface area contributed by atoms with Crippen LogP contribution in [0.5, 0.6) is 0 Å². The van der Waals surface area contributed by atoms with Crippen molar-refractivity contribution in [2.24, 2.45) is 0 Å². The largest absolute Gasteiger partial charge is 0.481 e. The number of Topliss-reactive ketones (excluding diaryl/α,β-unsaturated/α-hetero) is 2. The molecule has 342 valence electrons. The zero-order valence-corrected chi connectivity index (χ0v) is 36.5. The van der Waals surface area contributed by atoms with Gasteiger partial charge in [0.25, 0.3) is 0 Å². The Morgan fingerprint density at radius 3 is 1.60 bits per heavy atom. The second-order valence-corrected chi connectivity index (χ2v) is 15.4. The van der Waals surface area contributed by atoms with Crippen LogP contribution in [0.3, 0.4) is 0 Å². The average Bonchev–Trinajstić information content (AvgIpc) is 3.23. The topological polar surface area (TPSA) is 204 Å². The van der Waals surface area contributed by atoms with Gasteiger partial charge in [0.15, 0.2) is 5.78 Å². The highest BCUT2D eigenvalue weighted by Crippen LogP contribution is 2.14. The van der Waals surface area contributed by atoms with E-state index in [1.807, 2.05) is 0 Å². The fourth-order valence-electron chi connectivity index (χ4n) is 6.41. The molecule has 4 N–H and O–H groups in total. The van der Waals surface area contributed by atoms with Crippen molar-refractivity contribution in [2.45, 2.75) is 161 Å². The molecule has 14 heteroatoms. The number of carboxylic acids is 2. The lowest BCUT2D eigenvalue weighted by Crippen LogP contribution is -2.41. The van der Waals surface area contributed by atoms with Gasteiger partial charge in [0.1, 0.15) is 25.0 Å². The van der Waals surface area contributed by atoms with Crippen molar-refractivity contribution in [1.29, 1.82) is 0 Å². The van der Waals surface area contributed by atoms with Gasteiger partial charge in [0.05, 0.1) is 33.0 Å². The number of carbonyl (C=O) groups is 6. The first kappa shape index (κ1) is 54.3. The summed E-state index contributed by atoms with van der Waals surface area (Å²) in [6.07, 6.45) is 18.7. The molecule has 60 heavy (non-hydrogen) atoms. The van der Waals surface area contributed by atoms with Gasteiger partial charge < -0.3 is 39.8 Å². The number of benzene rings is 1. The lowest BCUT2D eigenvalue weighted by atomic mass is 10.0. The Kier molecular flexibility index (Phi) is 34.6. The fourth-order valence-corrected chi connectivity index (χ4v) is 6.41. The van der Waals surface area contributed by atoms with Gasteiger partial charge >= 0.3 is 11.9 Å². The Hall–Kier alpha value is -3.72. The summed E-state index contributed by atoms with van der Waals surface area (Å²) in [7, 11) is 0. The highest BCUT2D eigenvalue weighted by Gasteiger charge is 2.20. The predicted molar refractivity (Wildman–Crippen MR) is 230 cm³/mol. The van der Waals surface area contributed by atoms with E-state index in [-0.39, 0.29) is 81.9 Å². The van der Waals surface area contributed by atoms with Gasteiger partial charge in [-0.3, -0.25) is 24.0 Å². The van der Waals surface area contributed by atoms with E-state index in [0.717, 1.165) is 50.5 Å². The van der Waals surface area contributed by atoms with Crippen LogP contribution in [0, 0.1) is 0 Å². The Morgan fingerprint density at radius 2 is 1.03 bits per heavy atom. The van der Waals surface area contributed by atoms with Crippen molar-refractivity contribution in [3.8, 4) is 0 Å². The van der Waals surface area contributed by atoms with Crippen molar-refractivity contribution in [1.82, 2.24) is 10.6 Å². The van der Waals surface area contributed by atoms with Crippen molar-refractivity contribution in [2.75, 3.05) is 59.4 Å². The van der Waals surface area contributed by atoms with Crippen LogP contribution in [-0.4, -0.2) is 111 Å². The molecule has 0 fully saturated rings. The normalized spacial score (nSPS) is 11.6. The van der Waals surface area contributed by atoms with Crippen molar-refractivity contribution in [3.05, 3.63) is 35.4 Å². The molecule has 0 aliphatic rings. The first-order valence-corrected chi connectivity index (χ1v) is 22.5. The lowest BCUT2D eigenvalue weighted by molar-refractivity contribution is -0.142. The number of hydrogen-bond acceptors (Lipinski definition) is 10. The third-order valence-electron chi connectivity index (χ3n) is 10.1. The molecule has 0 radical (unpaired) electrons. The molecule has 1 aromatic rings. The van der Waals surface area contributed by atoms with Gasteiger partial charge in [-0.25, -0.2) is 4.79 Å². The summed E-state index contributed by atoms with van der Waals surface area (Å²) in [6, 6.07) is 7.19. The molecular formula is C46H76N2O12. The van der Waals surface area contributed by atoms with Gasteiger partial charge in [-0.15, -0.1) is 0 Å². The maximum absolute atomic E-state index is 12.3. The van der Waals surface area contributed by atoms with Gasteiger partial charge in [-0.05, 0) is 49.7 Å². The van der Waals surface area contributed by atoms with Crippen LogP contribution in [0.4, 0.5) is 0 Å².